The minimum atomic E-state index is -0.173. The van der Waals surface area contributed by atoms with Gasteiger partial charge in [-0.05, 0) is 31.2 Å². The van der Waals surface area contributed by atoms with Crippen LogP contribution < -0.4 is 11.5 Å². The summed E-state index contributed by atoms with van der Waals surface area (Å²) in [6.07, 6.45) is 3.09. The molecule has 23 heavy (non-hydrogen) atoms. The minimum Gasteiger partial charge on any atom is -0.370 e. The number of benzene rings is 1. The van der Waals surface area contributed by atoms with Crippen LogP contribution in [0.5, 0.6) is 0 Å². The van der Waals surface area contributed by atoms with Gasteiger partial charge in [-0.1, -0.05) is 30.3 Å². The van der Waals surface area contributed by atoms with E-state index >= 15 is 0 Å². The summed E-state index contributed by atoms with van der Waals surface area (Å²) in [7, 11) is 0. The number of nitrogens with zero attached hydrogens (tertiary/aromatic N) is 2. The summed E-state index contributed by atoms with van der Waals surface area (Å²) in [5.41, 5.74) is 11.8. The van der Waals surface area contributed by atoms with Gasteiger partial charge in [-0.2, -0.15) is 0 Å². The van der Waals surface area contributed by atoms with Crippen LogP contribution in [-0.2, 0) is 16.0 Å². The molecule has 0 bridgehead atoms. The molecular weight excluding hydrogens is 292 g/mol. The number of β-lactam (4-membered cyclic amide) rings is 1. The summed E-state index contributed by atoms with van der Waals surface area (Å²) < 4.78 is 0. The number of nitrogens with two attached hydrogens (primary N) is 2. The maximum Gasteiger partial charge on any atom is 0.234 e. The second kappa shape index (κ2) is 7.76. The molecule has 2 atom stereocenters. The standard InChI is InChI=1S/C17H24N4O2/c1-12(22)21-15(10-9-13-6-3-2-4-7-13)14(16(21)23)8-5-11-20-17(18)19/h2-4,6-7,14-15H,5,8-11H2,1H3,(H4,18,19,20)/t14-,15-/m1/s1. The lowest BCUT2D eigenvalue weighted by Gasteiger charge is -2.45. The van der Waals surface area contributed by atoms with E-state index in [0.29, 0.717) is 13.0 Å². The van der Waals surface area contributed by atoms with Crippen LogP contribution in [0, 0.1) is 5.92 Å². The normalized spacial score (nSPS) is 20.0. The third kappa shape index (κ3) is 4.31. The van der Waals surface area contributed by atoms with Crippen LogP contribution in [0.25, 0.3) is 0 Å². The van der Waals surface area contributed by atoms with Gasteiger partial charge in [0, 0.05) is 13.5 Å². The number of aliphatic imine (C=N–C) groups is 1. The van der Waals surface area contributed by atoms with Crippen molar-refractivity contribution in [2.45, 2.75) is 38.6 Å². The molecule has 0 unspecified atom stereocenters. The Kier molecular flexibility index (Phi) is 5.73. The van der Waals surface area contributed by atoms with E-state index in [0.717, 1.165) is 19.3 Å². The zero-order valence-corrected chi connectivity index (χ0v) is 13.4. The minimum absolute atomic E-state index is 0.0144. The largest absolute Gasteiger partial charge is 0.370 e. The van der Waals surface area contributed by atoms with Gasteiger partial charge in [0.1, 0.15) is 0 Å². The lowest BCUT2D eigenvalue weighted by Crippen LogP contribution is -2.62. The molecule has 0 spiro atoms. The second-order valence-electron chi connectivity index (χ2n) is 5.87. The number of amides is 2. The summed E-state index contributed by atoms with van der Waals surface area (Å²) in [6, 6.07) is 10.1. The Labute approximate surface area is 136 Å². The molecule has 1 saturated heterocycles. The Morgan fingerprint density at radius 3 is 2.52 bits per heavy atom. The summed E-state index contributed by atoms with van der Waals surface area (Å²) >= 11 is 0. The summed E-state index contributed by atoms with van der Waals surface area (Å²) in [6.45, 7) is 1.96. The van der Waals surface area contributed by atoms with Gasteiger partial charge in [-0.3, -0.25) is 19.5 Å². The van der Waals surface area contributed by atoms with Crippen LogP contribution in [0.15, 0.2) is 35.3 Å². The first-order valence-corrected chi connectivity index (χ1v) is 7.93. The zero-order chi connectivity index (χ0) is 16.8. The molecule has 2 amide bonds. The zero-order valence-electron chi connectivity index (χ0n) is 13.4. The van der Waals surface area contributed by atoms with E-state index in [4.69, 9.17) is 11.5 Å². The third-order valence-electron chi connectivity index (χ3n) is 4.23. The fourth-order valence-corrected chi connectivity index (χ4v) is 3.12. The molecule has 0 aromatic heterocycles. The van der Waals surface area contributed by atoms with Crippen molar-refractivity contribution in [3.63, 3.8) is 0 Å². The quantitative estimate of drug-likeness (QED) is 0.340. The Hall–Kier alpha value is -2.37. The molecule has 124 valence electrons. The SMILES string of the molecule is CC(=O)N1C(=O)[C@H](CCCN=C(N)N)[C@H]1CCc1ccccc1. The van der Waals surface area contributed by atoms with Gasteiger partial charge in [0.2, 0.25) is 11.8 Å². The van der Waals surface area contributed by atoms with Gasteiger partial charge >= 0.3 is 0 Å². The number of rotatable bonds is 7. The van der Waals surface area contributed by atoms with Gasteiger partial charge in [-0.15, -0.1) is 0 Å². The van der Waals surface area contributed by atoms with Crippen LogP contribution in [-0.4, -0.2) is 35.3 Å². The maximum atomic E-state index is 12.2. The van der Waals surface area contributed by atoms with Gasteiger partial charge < -0.3 is 11.5 Å². The van der Waals surface area contributed by atoms with Crippen molar-refractivity contribution < 1.29 is 9.59 Å². The lowest BCUT2D eigenvalue weighted by atomic mass is 9.80. The number of imide groups is 1. The number of guanidine groups is 1. The van der Waals surface area contributed by atoms with Crippen molar-refractivity contribution in [3.05, 3.63) is 35.9 Å². The molecule has 2 rings (SSSR count). The molecule has 1 fully saturated rings. The van der Waals surface area contributed by atoms with E-state index in [1.807, 2.05) is 18.2 Å². The van der Waals surface area contributed by atoms with Crippen LogP contribution in [0.1, 0.15) is 31.7 Å². The molecule has 1 aromatic carbocycles. The van der Waals surface area contributed by atoms with Gasteiger partial charge in [0.15, 0.2) is 5.96 Å². The second-order valence-corrected chi connectivity index (χ2v) is 5.87. The highest BCUT2D eigenvalue weighted by Gasteiger charge is 2.48. The first-order valence-electron chi connectivity index (χ1n) is 7.93. The Bertz CT molecular complexity index is 582. The van der Waals surface area contributed by atoms with Crippen molar-refractivity contribution in [3.8, 4) is 0 Å². The highest BCUT2D eigenvalue weighted by atomic mass is 16.2. The number of hydrogen-bond acceptors (Lipinski definition) is 3. The summed E-state index contributed by atoms with van der Waals surface area (Å²) in [4.78, 5) is 29.2. The fourth-order valence-electron chi connectivity index (χ4n) is 3.12. The number of carbonyl (C=O) groups excluding carboxylic acids is 2. The average molecular weight is 316 g/mol. The van der Waals surface area contributed by atoms with E-state index in [2.05, 4.69) is 17.1 Å². The first kappa shape index (κ1) is 17.0. The van der Waals surface area contributed by atoms with E-state index in [1.54, 1.807) is 0 Å². The van der Waals surface area contributed by atoms with E-state index < -0.39 is 0 Å². The topological polar surface area (TPSA) is 102 Å². The van der Waals surface area contributed by atoms with Gasteiger partial charge in [0.05, 0.1) is 12.0 Å². The van der Waals surface area contributed by atoms with E-state index in [-0.39, 0.29) is 29.7 Å². The smallest absolute Gasteiger partial charge is 0.234 e. The van der Waals surface area contributed by atoms with Crippen molar-refractivity contribution in [2.75, 3.05) is 6.54 Å². The third-order valence-corrected chi connectivity index (χ3v) is 4.23. The van der Waals surface area contributed by atoms with E-state index in [1.165, 1.54) is 17.4 Å². The Balaban J connectivity index is 1.92. The van der Waals surface area contributed by atoms with Crippen LogP contribution >= 0.6 is 0 Å². The van der Waals surface area contributed by atoms with Gasteiger partial charge in [0.25, 0.3) is 0 Å². The predicted octanol–water partition coefficient (Wildman–Crippen LogP) is 1.05. The van der Waals surface area contributed by atoms with Crippen molar-refractivity contribution in [1.82, 2.24) is 4.90 Å². The number of carbonyl (C=O) groups is 2. The molecule has 6 nitrogen and oxygen atoms in total. The molecule has 4 N–H and O–H groups in total. The lowest BCUT2D eigenvalue weighted by molar-refractivity contribution is -0.166. The highest BCUT2D eigenvalue weighted by Crippen LogP contribution is 2.33. The molecule has 0 saturated carbocycles. The van der Waals surface area contributed by atoms with Crippen LogP contribution in [0.3, 0.4) is 0 Å². The number of likely N-dealkylation sites (tertiary alicyclic amines) is 1. The average Bonchev–Trinajstić information content (AvgIpc) is 2.51. The van der Waals surface area contributed by atoms with Gasteiger partial charge in [-0.25, -0.2) is 0 Å². The van der Waals surface area contributed by atoms with Crippen molar-refractivity contribution in [1.29, 1.82) is 0 Å². The number of aryl methyl sites for hydroxylation is 1. The van der Waals surface area contributed by atoms with Crippen LogP contribution in [0.2, 0.25) is 0 Å². The fraction of sp³-hybridized carbons (Fsp3) is 0.471. The Morgan fingerprint density at radius 2 is 1.91 bits per heavy atom. The molecular formula is C17H24N4O2. The first-order chi connectivity index (χ1) is 11.0. The van der Waals surface area contributed by atoms with Crippen molar-refractivity contribution in [2.24, 2.45) is 22.4 Å². The molecule has 0 aliphatic carbocycles. The summed E-state index contributed by atoms with van der Waals surface area (Å²) in [5.74, 6) is -0.276. The monoisotopic (exact) mass is 316 g/mol. The number of hydrogen-bond donors (Lipinski definition) is 2. The molecule has 1 aromatic rings. The van der Waals surface area contributed by atoms with Crippen LogP contribution in [0.4, 0.5) is 0 Å². The van der Waals surface area contributed by atoms with Crippen molar-refractivity contribution >= 4 is 17.8 Å². The molecule has 6 heteroatoms. The molecule has 0 radical (unpaired) electrons. The highest BCUT2D eigenvalue weighted by molar-refractivity contribution is 6.01. The Morgan fingerprint density at radius 1 is 1.22 bits per heavy atom. The molecule has 1 aliphatic rings. The molecule has 1 heterocycles. The van der Waals surface area contributed by atoms with E-state index in [9.17, 15) is 9.59 Å². The maximum absolute atomic E-state index is 12.2. The summed E-state index contributed by atoms with van der Waals surface area (Å²) in [5, 5.41) is 0. The molecule has 1 aliphatic heterocycles. The predicted molar refractivity (Wildman–Crippen MR) is 89.5 cm³/mol.